The van der Waals surface area contributed by atoms with Crippen LogP contribution in [0.5, 0.6) is 0 Å². The van der Waals surface area contributed by atoms with Crippen molar-refractivity contribution in [1.82, 2.24) is 10.2 Å². The van der Waals surface area contributed by atoms with Gasteiger partial charge in [-0.15, -0.1) is 0 Å². The minimum Gasteiger partial charge on any atom is -0.354 e. The fraction of sp³-hybridized carbons (Fsp3) is 0.286. The zero-order valence-corrected chi connectivity index (χ0v) is 23.7. The van der Waals surface area contributed by atoms with Gasteiger partial charge in [0.25, 0.3) is 10.0 Å². The molecule has 10 heteroatoms. The van der Waals surface area contributed by atoms with Crippen molar-refractivity contribution in [2.75, 3.05) is 17.4 Å². The molecule has 0 heterocycles. The summed E-state index contributed by atoms with van der Waals surface area (Å²) in [6.45, 7) is 3.62. The van der Waals surface area contributed by atoms with Crippen LogP contribution in [0.3, 0.4) is 0 Å². The van der Waals surface area contributed by atoms with Gasteiger partial charge in [-0.05, 0) is 67.4 Å². The molecular weight excluding hydrogens is 573 g/mol. The standard InChI is InChI=1S/C28H31BrFN3O4S/c1-3-4-18-31-28(35)21(2)32(19-22-10-12-23(29)13-11-22)27(34)20-33(25-16-14-24(30)15-17-25)38(36,37)26-8-6-5-7-9-26/h5-17,21H,3-4,18-20H2,1-2H3,(H,31,35)/t21-/m1/s1. The van der Waals surface area contributed by atoms with Crippen molar-refractivity contribution in [3.63, 3.8) is 0 Å². The summed E-state index contributed by atoms with van der Waals surface area (Å²) >= 11 is 3.39. The summed E-state index contributed by atoms with van der Waals surface area (Å²) < 4.78 is 42.7. The molecule has 0 aliphatic carbocycles. The van der Waals surface area contributed by atoms with E-state index in [-0.39, 0.29) is 23.0 Å². The van der Waals surface area contributed by atoms with Gasteiger partial charge in [-0.1, -0.05) is 59.6 Å². The number of carbonyl (C=O) groups excluding carboxylic acids is 2. The number of hydrogen-bond donors (Lipinski definition) is 1. The quantitative estimate of drug-likeness (QED) is 0.291. The number of amides is 2. The number of nitrogens with one attached hydrogen (secondary N) is 1. The molecule has 7 nitrogen and oxygen atoms in total. The van der Waals surface area contributed by atoms with Gasteiger partial charge in [-0.25, -0.2) is 12.8 Å². The molecule has 0 fully saturated rings. The second-order valence-electron chi connectivity index (χ2n) is 8.77. The van der Waals surface area contributed by atoms with E-state index in [9.17, 15) is 22.4 Å². The summed E-state index contributed by atoms with van der Waals surface area (Å²) in [5.74, 6) is -1.44. The van der Waals surface area contributed by atoms with Crippen LogP contribution in [-0.4, -0.2) is 44.3 Å². The molecule has 2 amide bonds. The van der Waals surface area contributed by atoms with Gasteiger partial charge in [0.15, 0.2) is 0 Å². The van der Waals surface area contributed by atoms with Gasteiger partial charge in [-0.2, -0.15) is 0 Å². The maximum absolute atomic E-state index is 13.8. The largest absolute Gasteiger partial charge is 0.354 e. The number of sulfonamides is 1. The van der Waals surface area contributed by atoms with Crippen LogP contribution in [0.1, 0.15) is 32.3 Å². The van der Waals surface area contributed by atoms with E-state index >= 15 is 0 Å². The molecule has 38 heavy (non-hydrogen) atoms. The maximum atomic E-state index is 13.8. The number of anilines is 1. The summed E-state index contributed by atoms with van der Waals surface area (Å²) in [6.07, 6.45) is 1.70. The molecular formula is C28H31BrFN3O4S. The van der Waals surface area contributed by atoms with Crippen molar-refractivity contribution in [2.24, 2.45) is 0 Å². The molecule has 202 valence electrons. The molecule has 3 aromatic carbocycles. The first-order chi connectivity index (χ1) is 18.1. The molecule has 0 spiro atoms. The summed E-state index contributed by atoms with van der Waals surface area (Å²) in [7, 11) is -4.18. The lowest BCUT2D eigenvalue weighted by Gasteiger charge is -2.32. The van der Waals surface area contributed by atoms with Crippen molar-refractivity contribution in [3.8, 4) is 0 Å². The minimum atomic E-state index is -4.18. The minimum absolute atomic E-state index is 0.0121. The van der Waals surface area contributed by atoms with Crippen LogP contribution in [0.2, 0.25) is 0 Å². The van der Waals surface area contributed by atoms with E-state index in [1.165, 1.54) is 29.2 Å². The molecule has 3 rings (SSSR count). The van der Waals surface area contributed by atoms with Gasteiger partial charge >= 0.3 is 0 Å². The van der Waals surface area contributed by atoms with Crippen LogP contribution in [0.15, 0.2) is 88.2 Å². The predicted octanol–water partition coefficient (Wildman–Crippen LogP) is 5.12. The van der Waals surface area contributed by atoms with Crippen LogP contribution in [0, 0.1) is 5.82 Å². The highest BCUT2D eigenvalue weighted by atomic mass is 79.9. The molecule has 0 saturated carbocycles. The Balaban J connectivity index is 1.97. The zero-order valence-electron chi connectivity index (χ0n) is 21.3. The summed E-state index contributed by atoms with van der Waals surface area (Å²) in [5.41, 5.74) is 0.904. The Morgan fingerprint density at radius 1 is 0.974 bits per heavy atom. The third-order valence-electron chi connectivity index (χ3n) is 5.99. The Labute approximate surface area is 231 Å². The molecule has 0 aromatic heterocycles. The maximum Gasteiger partial charge on any atom is 0.264 e. The zero-order chi connectivity index (χ0) is 27.7. The molecule has 0 aliphatic rings. The second kappa shape index (κ2) is 13.5. The number of unbranched alkanes of at least 4 members (excludes halogenated alkanes) is 1. The number of nitrogens with zero attached hydrogens (tertiary/aromatic N) is 2. The third kappa shape index (κ3) is 7.64. The predicted molar refractivity (Wildman–Crippen MR) is 149 cm³/mol. The van der Waals surface area contributed by atoms with Crippen molar-refractivity contribution in [1.29, 1.82) is 0 Å². The van der Waals surface area contributed by atoms with Gasteiger partial charge in [-0.3, -0.25) is 13.9 Å². The lowest BCUT2D eigenvalue weighted by atomic mass is 10.1. The first-order valence-corrected chi connectivity index (χ1v) is 14.5. The lowest BCUT2D eigenvalue weighted by molar-refractivity contribution is -0.139. The van der Waals surface area contributed by atoms with Crippen molar-refractivity contribution in [2.45, 2.75) is 44.2 Å². The fourth-order valence-corrected chi connectivity index (χ4v) is 5.46. The highest BCUT2D eigenvalue weighted by molar-refractivity contribution is 9.10. The summed E-state index contributed by atoms with van der Waals surface area (Å²) in [6, 6.07) is 19.0. The number of rotatable bonds is 12. The monoisotopic (exact) mass is 603 g/mol. The van der Waals surface area contributed by atoms with Crippen molar-refractivity contribution < 1.29 is 22.4 Å². The Morgan fingerprint density at radius 2 is 1.61 bits per heavy atom. The van der Waals surface area contributed by atoms with Crippen molar-refractivity contribution >= 4 is 43.5 Å². The second-order valence-corrected chi connectivity index (χ2v) is 11.5. The fourth-order valence-electron chi connectivity index (χ4n) is 3.76. The van der Waals surface area contributed by atoms with Crippen LogP contribution >= 0.6 is 15.9 Å². The Morgan fingerprint density at radius 3 is 2.21 bits per heavy atom. The molecule has 0 unspecified atom stereocenters. The molecule has 0 bridgehead atoms. The first-order valence-electron chi connectivity index (χ1n) is 12.3. The molecule has 1 N–H and O–H groups in total. The Hall–Kier alpha value is -3.24. The Kier molecular flexibility index (Phi) is 10.4. The molecule has 1 atom stereocenters. The van der Waals surface area contributed by atoms with Crippen LogP contribution in [-0.2, 0) is 26.2 Å². The number of carbonyl (C=O) groups is 2. The van der Waals surface area contributed by atoms with E-state index in [2.05, 4.69) is 21.2 Å². The summed E-state index contributed by atoms with van der Waals surface area (Å²) in [5, 5.41) is 2.85. The normalized spacial score (nSPS) is 12.0. The smallest absolute Gasteiger partial charge is 0.264 e. The van der Waals surface area contributed by atoms with E-state index < -0.39 is 34.3 Å². The van der Waals surface area contributed by atoms with E-state index in [0.717, 1.165) is 39.3 Å². The first kappa shape index (κ1) is 29.3. The van der Waals surface area contributed by atoms with Gasteiger partial charge in [0, 0.05) is 17.6 Å². The number of benzene rings is 3. The van der Waals surface area contributed by atoms with E-state index in [1.54, 1.807) is 25.1 Å². The third-order valence-corrected chi connectivity index (χ3v) is 8.30. The molecule has 0 radical (unpaired) electrons. The van der Waals surface area contributed by atoms with Crippen LogP contribution in [0.25, 0.3) is 0 Å². The average Bonchev–Trinajstić information content (AvgIpc) is 2.92. The summed E-state index contributed by atoms with van der Waals surface area (Å²) in [4.78, 5) is 28.1. The Bertz CT molecular complexity index is 1320. The van der Waals surface area contributed by atoms with Gasteiger partial charge in [0.05, 0.1) is 10.6 Å². The van der Waals surface area contributed by atoms with E-state index in [4.69, 9.17) is 0 Å². The topological polar surface area (TPSA) is 86.8 Å². The SMILES string of the molecule is CCCCNC(=O)[C@@H](C)N(Cc1ccc(Br)cc1)C(=O)CN(c1ccc(F)cc1)S(=O)(=O)c1ccccc1. The average molecular weight is 605 g/mol. The van der Waals surface area contributed by atoms with Gasteiger partial charge in [0.1, 0.15) is 18.4 Å². The highest BCUT2D eigenvalue weighted by Crippen LogP contribution is 2.25. The highest BCUT2D eigenvalue weighted by Gasteiger charge is 2.32. The van der Waals surface area contributed by atoms with Crippen molar-refractivity contribution in [3.05, 3.63) is 94.7 Å². The number of hydrogen-bond acceptors (Lipinski definition) is 4. The van der Waals surface area contributed by atoms with Gasteiger partial charge < -0.3 is 10.2 Å². The van der Waals surface area contributed by atoms with Crippen LogP contribution in [0.4, 0.5) is 10.1 Å². The molecule has 3 aromatic rings. The van der Waals surface area contributed by atoms with E-state index in [0.29, 0.717) is 6.54 Å². The molecule has 0 aliphatic heterocycles. The lowest BCUT2D eigenvalue weighted by Crippen LogP contribution is -2.51. The van der Waals surface area contributed by atoms with E-state index in [1.807, 2.05) is 31.2 Å². The van der Waals surface area contributed by atoms with Gasteiger partial charge in [0.2, 0.25) is 11.8 Å². The molecule has 0 saturated heterocycles. The van der Waals surface area contributed by atoms with Crippen LogP contribution < -0.4 is 9.62 Å². The number of halogens is 2.